The van der Waals surface area contributed by atoms with Gasteiger partial charge in [0.15, 0.2) is 0 Å². The van der Waals surface area contributed by atoms with E-state index in [-0.39, 0.29) is 5.82 Å². The van der Waals surface area contributed by atoms with Crippen molar-refractivity contribution in [1.29, 1.82) is 0 Å². The molecule has 0 spiro atoms. The number of ether oxygens (including phenoxy) is 1. The van der Waals surface area contributed by atoms with Gasteiger partial charge in [0.2, 0.25) is 0 Å². The smallest absolute Gasteiger partial charge is 0.145 e. The average Bonchev–Trinajstić information content (AvgIpc) is 2.42. The molecule has 1 aromatic rings. The molecule has 1 aliphatic carbocycles. The maximum atomic E-state index is 13.3. The maximum Gasteiger partial charge on any atom is 0.145 e. The quantitative estimate of drug-likeness (QED) is 0.831. The van der Waals surface area contributed by atoms with Gasteiger partial charge in [-0.15, -0.1) is 0 Å². The highest BCUT2D eigenvalue weighted by Gasteiger charge is 2.28. The fourth-order valence-corrected chi connectivity index (χ4v) is 3.23. The molecule has 1 saturated carbocycles. The minimum atomic E-state index is -0.247. The molecule has 3 heteroatoms. The fourth-order valence-electron chi connectivity index (χ4n) is 3.23. The largest absolute Gasteiger partial charge is 0.492 e. The zero-order valence-electron chi connectivity index (χ0n) is 12.8. The van der Waals surface area contributed by atoms with Crippen molar-refractivity contribution in [1.82, 2.24) is 0 Å². The molecule has 0 saturated heterocycles. The van der Waals surface area contributed by atoms with E-state index in [0.29, 0.717) is 30.2 Å². The summed E-state index contributed by atoms with van der Waals surface area (Å²) in [6.07, 6.45) is 5.06. The Bertz CT molecular complexity index is 433. The Morgan fingerprint density at radius 3 is 2.75 bits per heavy atom. The van der Waals surface area contributed by atoms with E-state index in [1.165, 1.54) is 37.8 Å². The summed E-state index contributed by atoms with van der Waals surface area (Å²) in [6, 6.07) is 5.23. The van der Waals surface area contributed by atoms with Crippen LogP contribution in [0.15, 0.2) is 18.2 Å². The van der Waals surface area contributed by atoms with Crippen LogP contribution in [-0.2, 0) is 0 Å². The van der Waals surface area contributed by atoms with E-state index in [2.05, 4.69) is 19.2 Å². The Labute approximate surface area is 121 Å². The molecular weight excluding hydrogens is 253 g/mol. The third kappa shape index (κ3) is 3.65. The number of anilines is 1. The summed E-state index contributed by atoms with van der Waals surface area (Å²) < 4.78 is 18.9. The van der Waals surface area contributed by atoms with Crippen molar-refractivity contribution in [2.75, 3.05) is 11.9 Å². The number of rotatable bonds is 5. The summed E-state index contributed by atoms with van der Waals surface area (Å²) in [5.74, 6) is 1.73. The van der Waals surface area contributed by atoms with Crippen LogP contribution in [0.25, 0.3) is 0 Å². The number of nitrogens with one attached hydrogen (secondary N) is 1. The SMILES string of the molecule is CCOc1cc(F)ccc1NC1CCCCC1C(C)C. The van der Waals surface area contributed by atoms with Gasteiger partial charge in [-0.25, -0.2) is 4.39 Å². The minimum absolute atomic E-state index is 0.247. The average molecular weight is 279 g/mol. The Morgan fingerprint density at radius 2 is 2.05 bits per heavy atom. The molecule has 0 radical (unpaired) electrons. The topological polar surface area (TPSA) is 21.3 Å². The molecule has 2 unspecified atom stereocenters. The molecule has 0 bridgehead atoms. The van der Waals surface area contributed by atoms with Crippen molar-refractivity contribution in [3.8, 4) is 5.75 Å². The van der Waals surface area contributed by atoms with Gasteiger partial charge in [0.25, 0.3) is 0 Å². The molecular formula is C17H26FNO. The van der Waals surface area contributed by atoms with Crippen molar-refractivity contribution in [3.63, 3.8) is 0 Å². The molecule has 112 valence electrons. The highest BCUT2D eigenvalue weighted by atomic mass is 19.1. The highest BCUT2D eigenvalue weighted by molar-refractivity contribution is 5.57. The Hall–Kier alpha value is -1.25. The predicted molar refractivity (Wildman–Crippen MR) is 81.8 cm³/mol. The van der Waals surface area contributed by atoms with Crippen molar-refractivity contribution in [2.45, 2.75) is 52.5 Å². The molecule has 1 aromatic carbocycles. The van der Waals surface area contributed by atoms with Crippen molar-refractivity contribution < 1.29 is 9.13 Å². The highest BCUT2D eigenvalue weighted by Crippen LogP contribution is 2.34. The van der Waals surface area contributed by atoms with Crippen LogP contribution in [0, 0.1) is 17.7 Å². The molecule has 20 heavy (non-hydrogen) atoms. The Morgan fingerprint density at radius 1 is 1.30 bits per heavy atom. The molecule has 1 aliphatic rings. The van der Waals surface area contributed by atoms with E-state index < -0.39 is 0 Å². The Balaban J connectivity index is 2.15. The number of hydrogen-bond acceptors (Lipinski definition) is 2. The van der Waals surface area contributed by atoms with Crippen LogP contribution in [0.5, 0.6) is 5.75 Å². The number of halogens is 1. The van der Waals surface area contributed by atoms with Gasteiger partial charge in [-0.05, 0) is 43.7 Å². The second-order valence-corrected chi connectivity index (χ2v) is 6.02. The standard InChI is InChI=1S/C17H26FNO/c1-4-20-17-11-13(18)9-10-16(17)19-15-8-6-5-7-14(15)12(2)3/h9-12,14-15,19H,4-8H2,1-3H3. The molecule has 0 aliphatic heterocycles. The Kier molecular flexibility index (Phi) is 5.27. The van der Waals surface area contributed by atoms with E-state index in [4.69, 9.17) is 4.74 Å². The molecule has 2 atom stereocenters. The lowest BCUT2D eigenvalue weighted by atomic mass is 9.78. The molecule has 2 rings (SSSR count). The van der Waals surface area contributed by atoms with E-state index in [1.807, 2.05) is 6.92 Å². The number of hydrogen-bond donors (Lipinski definition) is 1. The van der Waals surface area contributed by atoms with E-state index in [0.717, 1.165) is 5.69 Å². The van der Waals surface area contributed by atoms with Gasteiger partial charge in [-0.1, -0.05) is 26.7 Å². The van der Waals surface area contributed by atoms with Crippen LogP contribution in [0.3, 0.4) is 0 Å². The zero-order valence-corrected chi connectivity index (χ0v) is 12.8. The molecule has 0 amide bonds. The van der Waals surface area contributed by atoms with Crippen molar-refractivity contribution >= 4 is 5.69 Å². The van der Waals surface area contributed by atoms with Crippen LogP contribution in [0.4, 0.5) is 10.1 Å². The van der Waals surface area contributed by atoms with Crippen molar-refractivity contribution in [2.24, 2.45) is 11.8 Å². The van der Waals surface area contributed by atoms with Gasteiger partial charge < -0.3 is 10.1 Å². The van der Waals surface area contributed by atoms with Gasteiger partial charge in [-0.3, -0.25) is 0 Å². The molecule has 1 fully saturated rings. The first-order chi connectivity index (χ1) is 9.61. The van der Waals surface area contributed by atoms with E-state index in [9.17, 15) is 4.39 Å². The predicted octanol–water partition coefficient (Wildman–Crippen LogP) is 4.85. The molecule has 2 nitrogen and oxygen atoms in total. The minimum Gasteiger partial charge on any atom is -0.492 e. The van der Waals surface area contributed by atoms with Crippen LogP contribution in [0.1, 0.15) is 46.5 Å². The summed E-state index contributed by atoms with van der Waals surface area (Å²) in [5, 5.41) is 3.60. The van der Waals surface area contributed by atoms with Gasteiger partial charge >= 0.3 is 0 Å². The van der Waals surface area contributed by atoms with E-state index in [1.54, 1.807) is 6.07 Å². The lowest BCUT2D eigenvalue weighted by molar-refractivity contribution is 0.253. The van der Waals surface area contributed by atoms with Gasteiger partial charge in [0, 0.05) is 12.1 Å². The van der Waals surface area contributed by atoms with Crippen molar-refractivity contribution in [3.05, 3.63) is 24.0 Å². The second kappa shape index (κ2) is 6.96. The van der Waals surface area contributed by atoms with Crippen LogP contribution < -0.4 is 10.1 Å². The first-order valence-electron chi connectivity index (χ1n) is 7.80. The summed E-state index contributed by atoms with van der Waals surface area (Å²) >= 11 is 0. The number of benzene rings is 1. The molecule has 0 heterocycles. The third-order valence-corrected chi connectivity index (χ3v) is 4.26. The summed E-state index contributed by atoms with van der Waals surface area (Å²) in [6.45, 7) is 7.06. The van der Waals surface area contributed by atoms with Gasteiger partial charge in [-0.2, -0.15) is 0 Å². The first-order valence-corrected chi connectivity index (χ1v) is 7.80. The first kappa shape index (κ1) is 15.1. The fraction of sp³-hybridized carbons (Fsp3) is 0.647. The summed E-state index contributed by atoms with van der Waals surface area (Å²) in [7, 11) is 0. The molecule has 0 aromatic heterocycles. The lowest BCUT2D eigenvalue weighted by Gasteiger charge is -2.35. The third-order valence-electron chi connectivity index (χ3n) is 4.26. The summed E-state index contributed by atoms with van der Waals surface area (Å²) in [4.78, 5) is 0. The van der Waals surface area contributed by atoms with Gasteiger partial charge in [0.1, 0.15) is 11.6 Å². The van der Waals surface area contributed by atoms with Crippen LogP contribution >= 0.6 is 0 Å². The van der Waals surface area contributed by atoms with Gasteiger partial charge in [0.05, 0.1) is 12.3 Å². The maximum absolute atomic E-state index is 13.3. The van der Waals surface area contributed by atoms with Crippen LogP contribution in [-0.4, -0.2) is 12.6 Å². The van der Waals surface area contributed by atoms with E-state index >= 15 is 0 Å². The van der Waals surface area contributed by atoms with Crippen LogP contribution in [0.2, 0.25) is 0 Å². The second-order valence-electron chi connectivity index (χ2n) is 6.02. The monoisotopic (exact) mass is 279 g/mol. The normalized spacial score (nSPS) is 22.9. The zero-order chi connectivity index (χ0) is 14.5. The lowest BCUT2D eigenvalue weighted by Crippen LogP contribution is -2.35. The molecule has 1 N–H and O–H groups in total. The summed E-state index contributed by atoms with van der Waals surface area (Å²) in [5.41, 5.74) is 0.922.